The van der Waals surface area contributed by atoms with Crippen LogP contribution in [0.3, 0.4) is 0 Å². The van der Waals surface area contributed by atoms with E-state index < -0.39 is 17.7 Å². The Balaban J connectivity index is 2.15. The van der Waals surface area contributed by atoms with Gasteiger partial charge < -0.3 is 20.3 Å². The van der Waals surface area contributed by atoms with Gasteiger partial charge in [0.25, 0.3) is 0 Å². The summed E-state index contributed by atoms with van der Waals surface area (Å²) in [5.74, 6) is -0.431. The number of hydrogen-bond donors (Lipinski definition) is 2. The standard InChI is InChI=1S/C25H40N4O4/c1-7-10-20(19-13-11-18(4)12-14-19)27-24(32)29-22(31)25(8-2,9-3)23(29)33-17-21(30)28(6)16-15-26-5/h11-14,20,23,26H,7-10,15-17H2,1-6H3,(H,27,32)/t20-,23?/m1/s1. The molecule has 8 nitrogen and oxygen atoms in total. The quantitative estimate of drug-likeness (QED) is 0.468. The van der Waals surface area contributed by atoms with Crippen molar-refractivity contribution in [3.63, 3.8) is 0 Å². The molecule has 0 aliphatic carbocycles. The van der Waals surface area contributed by atoms with Gasteiger partial charge in [-0.1, -0.05) is 57.0 Å². The molecule has 0 saturated carbocycles. The van der Waals surface area contributed by atoms with Gasteiger partial charge in [-0.05, 0) is 38.8 Å². The molecule has 1 aliphatic heterocycles. The van der Waals surface area contributed by atoms with Crippen molar-refractivity contribution >= 4 is 17.8 Å². The van der Waals surface area contributed by atoms with E-state index in [2.05, 4.69) is 17.6 Å². The van der Waals surface area contributed by atoms with Crippen LogP contribution in [0.4, 0.5) is 4.79 Å². The fourth-order valence-electron chi connectivity index (χ4n) is 4.26. The first-order chi connectivity index (χ1) is 15.7. The first-order valence-corrected chi connectivity index (χ1v) is 12.0. The number of hydrogen-bond acceptors (Lipinski definition) is 5. The molecule has 0 bridgehead atoms. The van der Waals surface area contributed by atoms with Gasteiger partial charge in [0.1, 0.15) is 6.61 Å². The predicted molar refractivity (Wildman–Crippen MR) is 129 cm³/mol. The second-order valence-corrected chi connectivity index (χ2v) is 8.82. The molecule has 1 aromatic rings. The van der Waals surface area contributed by atoms with Gasteiger partial charge in [-0.25, -0.2) is 9.69 Å². The summed E-state index contributed by atoms with van der Waals surface area (Å²) in [5.41, 5.74) is 1.36. The van der Waals surface area contributed by atoms with Gasteiger partial charge in [0.15, 0.2) is 6.23 Å². The summed E-state index contributed by atoms with van der Waals surface area (Å²) in [6.07, 6.45) is 1.95. The molecular weight excluding hydrogens is 420 g/mol. The third kappa shape index (κ3) is 5.92. The Labute approximate surface area is 198 Å². The zero-order valence-corrected chi connectivity index (χ0v) is 20.9. The number of nitrogens with zero attached hydrogens (tertiary/aromatic N) is 2. The van der Waals surface area contributed by atoms with Crippen LogP contribution in [0.5, 0.6) is 0 Å². The molecule has 1 saturated heterocycles. The summed E-state index contributed by atoms with van der Waals surface area (Å²) in [6.45, 7) is 8.95. The van der Waals surface area contributed by atoms with Crippen LogP contribution in [-0.2, 0) is 14.3 Å². The van der Waals surface area contributed by atoms with Crippen molar-refractivity contribution in [3.8, 4) is 0 Å². The molecule has 8 heteroatoms. The Morgan fingerprint density at radius 1 is 1.18 bits per heavy atom. The van der Waals surface area contributed by atoms with E-state index in [0.29, 0.717) is 25.9 Å². The summed E-state index contributed by atoms with van der Waals surface area (Å²) in [5, 5.41) is 6.03. The molecule has 0 radical (unpaired) electrons. The van der Waals surface area contributed by atoms with Gasteiger partial charge in [0, 0.05) is 20.1 Å². The monoisotopic (exact) mass is 460 g/mol. The number of β-lactam (4-membered cyclic amide) rings is 1. The molecule has 1 unspecified atom stereocenters. The highest BCUT2D eigenvalue weighted by Gasteiger charge is 2.62. The van der Waals surface area contributed by atoms with E-state index in [-0.39, 0.29) is 24.5 Å². The lowest BCUT2D eigenvalue weighted by molar-refractivity contribution is -0.211. The maximum Gasteiger partial charge on any atom is 0.326 e. The lowest BCUT2D eigenvalue weighted by Crippen LogP contribution is -2.72. The van der Waals surface area contributed by atoms with E-state index >= 15 is 0 Å². The van der Waals surface area contributed by atoms with Crippen LogP contribution < -0.4 is 10.6 Å². The smallest absolute Gasteiger partial charge is 0.326 e. The molecule has 4 amide bonds. The summed E-state index contributed by atoms with van der Waals surface area (Å²) in [7, 11) is 3.54. The van der Waals surface area contributed by atoms with Crippen molar-refractivity contribution in [2.75, 3.05) is 33.8 Å². The fraction of sp³-hybridized carbons (Fsp3) is 0.640. The topological polar surface area (TPSA) is 91.0 Å². The van der Waals surface area contributed by atoms with Crippen molar-refractivity contribution in [1.29, 1.82) is 0 Å². The number of carbonyl (C=O) groups is 3. The maximum absolute atomic E-state index is 13.2. The number of imide groups is 1. The Hall–Kier alpha value is -2.45. The van der Waals surface area contributed by atoms with Crippen LogP contribution in [0.1, 0.15) is 63.6 Å². The summed E-state index contributed by atoms with van der Waals surface area (Å²) in [6, 6.07) is 7.36. The lowest BCUT2D eigenvalue weighted by Gasteiger charge is -2.53. The fourth-order valence-corrected chi connectivity index (χ4v) is 4.26. The Morgan fingerprint density at radius 2 is 1.82 bits per heavy atom. The minimum absolute atomic E-state index is 0.181. The van der Waals surface area contributed by atoms with Crippen LogP contribution in [-0.4, -0.2) is 67.7 Å². The number of rotatable bonds is 12. The average Bonchev–Trinajstić information content (AvgIpc) is 2.80. The number of benzene rings is 1. The molecular formula is C25H40N4O4. The second kappa shape index (κ2) is 12.1. The van der Waals surface area contributed by atoms with Gasteiger partial charge in [-0.2, -0.15) is 0 Å². The molecule has 1 fully saturated rings. The van der Waals surface area contributed by atoms with E-state index in [9.17, 15) is 14.4 Å². The number of ether oxygens (including phenoxy) is 1. The minimum Gasteiger partial charge on any atom is -0.347 e. The number of likely N-dealkylation sites (tertiary alicyclic amines) is 1. The normalized spacial score (nSPS) is 17.9. The van der Waals surface area contributed by atoms with Crippen molar-refractivity contribution in [3.05, 3.63) is 35.4 Å². The highest BCUT2D eigenvalue weighted by Crippen LogP contribution is 2.46. The number of amides is 4. The van der Waals surface area contributed by atoms with E-state index in [4.69, 9.17) is 4.74 Å². The molecule has 2 N–H and O–H groups in total. The van der Waals surface area contributed by atoms with Crippen LogP contribution >= 0.6 is 0 Å². The predicted octanol–water partition coefficient (Wildman–Crippen LogP) is 3.21. The minimum atomic E-state index is -0.786. The van der Waals surface area contributed by atoms with Crippen molar-refractivity contribution in [2.45, 2.75) is 65.6 Å². The van der Waals surface area contributed by atoms with Gasteiger partial charge in [-0.15, -0.1) is 0 Å². The highest BCUT2D eigenvalue weighted by atomic mass is 16.5. The number of carbonyl (C=O) groups excluding carboxylic acids is 3. The van der Waals surface area contributed by atoms with Crippen molar-refractivity contribution in [1.82, 2.24) is 20.4 Å². The third-order valence-corrected chi connectivity index (χ3v) is 6.67. The molecule has 1 heterocycles. The van der Waals surface area contributed by atoms with E-state index in [1.165, 1.54) is 0 Å². The maximum atomic E-state index is 13.2. The van der Waals surface area contributed by atoms with Crippen LogP contribution in [0, 0.1) is 12.3 Å². The number of aryl methyl sites for hydroxylation is 1. The molecule has 184 valence electrons. The Kier molecular flexibility index (Phi) is 9.86. The molecule has 0 spiro atoms. The second-order valence-electron chi connectivity index (χ2n) is 8.82. The van der Waals surface area contributed by atoms with Crippen LogP contribution in [0.25, 0.3) is 0 Å². The molecule has 1 aliphatic rings. The molecule has 1 aromatic carbocycles. The summed E-state index contributed by atoms with van der Waals surface area (Å²) in [4.78, 5) is 41.6. The van der Waals surface area contributed by atoms with E-state index in [1.807, 2.05) is 52.1 Å². The van der Waals surface area contributed by atoms with E-state index in [0.717, 1.165) is 28.9 Å². The van der Waals surface area contributed by atoms with Crippen molar-refractivity contribution in [2.24, 2.45) is 5.41 Å². The van der Waals surface area contributed by atoms with E-state index in [1.54, 1.807) is 11.9 Å². The molecule has 2 atom stereocenters. The zero-order chi connectivity index (χ0) is 24.6. The van der Waals surface area contributed by atoms with Gasteiger partial charge in [0.05, 0.1) is 11.5 Å². The third-order valence-electron chi connectivity index (χ3n) is 6.67. The molecule has 0 aromatic heterocycles. The lowest BCUT2D eigenvalue weighted by atomic mass is 9.72. The van der Waals surface area contributed by atoms with Crippen LogP contribution in [0.15, 0.2) is 24.3 Å². The van der Waals surface area contributed by atoms with Gasteiger partial charge in [-0.3, -0.25) is 9.59 Å². The first-order valence-electron chi connectivity index (χ1n) is 12.0. The number of nitrogens with one attached hydrogen (secondary N) is 2. The molecule has 2 rings (SSSR count). The summed E-state index contributed by atoms with van der Waals surface area (Å²) < 4.78 is 5.94. The van der Waals surface area contributed by atoms with Gasteiger partial charge >= 0.3 is 6.03 Å². The average molecular weight is 461 g/mol. The number of urea groups is 1. The Bertz CT molecular complexity index is 807. The largest absolute Gasteiger partial charge is 0.347 e. The highest BCUT2D eigenvalue weighted by molar-refractivity contribution is 6.03. The Morgan fingerprint density at radius 3 is 2.36 bits per heavy atom. The van der Waals surface area contributed by atoms with Crippen molar-refractivity contribution < 1.29 is 19.1 Å². The SMILES string of the molecule is CCC[C@@H](NC(=O)N1C(=O)C(CC)(CC)C1OCC(=O)N(C)CCNC)c1ccc(C)cc1. The molecule has 33 heavy (non-hydrogen) atoms. The van der Waals surface area contributed by atoms with Gasteiger partial charge in [0.2, 0.25) is 11.8 Å². The number of likely N-dealkylation sites (N-methyl/N-ethyl adjacent to an activating group) is 2. The summed E-state index contributed by atoms with van der Waals surface area (Å²) >= 11 is 0. The zero-order valence-electron chi connectivity index (χ0n) is 20.9. The van der Waals surface area contributed by atoms with Crippen LogP contribution in [0.2, 0.25) is 0 Å². The first kappa shape index (κ1) is 26.8.